The van der Waals surface area contributed by atoms with Gasteiger partial charge in [0, 0.05) is 0 Å². The van der Waals surface area contributed by atoms with Gasteiger partial charge in [-0.05, 0) is 50.3 Å². The Balaban J connectivity index is 2.01. The molecule has 0 spiro atoms. The van der Waals surface area contributed by atoms with Crippen LogP contribution in [0.2, 0.25) is 0 Å². The molecule has 0 fully saturated rings. The molecule has 0 saturated carbocycles. The molecule has 5 nitrogen and oxygen atoms in total. The van der Waals surface area contributed by atoms with E-state index in [1.165, 1.54) is 6.26 Å². The van der Waals surface area contributed by atoms with Gasteiger partial charge in [0.1, 0.15) is 5.75 Å². The molecule has 0 bridgehead atoms. The summed E-state index contributed by atoms with van der Waals surface area (Å²) < 4.78 is 10.7. The quantitative estimate of drug-likeness (QED) is 0.849. The molecule has 1 heterocycles. The molecule has 6 heteroatoms. The number of furan rings is 1. The minimum Gasteiger partial charge on any atom is -0.489 e. The van der Waals surface area contributed by atoms with Crippen LogP contribution in [0.15, 0.2) is 47.1 Å². The molecule has 0 unspecified atom stereocenters. The Kier molecular flexibility index (Phi) is 4.94. The van der Waals surface area contributed by atoms with Crippen LogP contribution >= 0.6 is 12.2 Å². The van der Waals surface area contributed by atoms with Crippen molar-refractivity contribution < 1.29 is 13.9 Å². The first-order valence-electron chi connectivity index (χ1n) is 6.48. The van der Waals surface area contributed by atoms with E-state index in [9.17, 15) is 4.79 Å². The zero-order valence-corrected chi connectivity index (χ0v) is 12.6. The van der Waals surface area contributed by atoms with Crippen LogP contribution in [0, 0.1) is 0 Å². The van der Waals surface area contributed by atoms with Crippen LogP contribution in [0.5, 0.6) is 5.75 Å². The van der Waals surface area contributed by atoms with Gasteiger partial charge in [-0.1, -0.05) is 12.1 Å². The highest BCUT2D eigenvalue weighted by Gasteiger charge is 2.12. The Morgan fingerprint density at radius 1 is 1.24 bits per heavy atom. The fourth-order valence-electron chi connectivity index (χ4n) is 1.65. The second kappa shape index (κ2) is 6.90. The predicted molar refractivity (Wildman–Crippen MR) is 84.6 cm³/mol. The number of nitrogens with one attached hydrogen (secondary N) is 2. The summed E-state index contributed by atoms with van der Waals surface area (Å²) in [6.07, 6.45) is 1.47. The Morgan fingerprint density at radius 3 is 2.67 bits per heavy atom. The molecule has 0 aliphatic heterocycles. The van der Waals surface area contributed by atoms with Gasteiger partial charge in [0.25, 0.3) is 5.91 Å². The summed E-state index contributed by atoms with van der Waals surface area (Å²) in [4.78, 5) is 11.8. The third-order valence-corrected chi connectivity index (χ3v) is 2.67. The van der Waals surface area contributed by atoms with E-state index in [0.717, 1.165) is 0 Å². The van der Waals surface area contributed by atoms with E-state index >= 15 is 0 Å². The molecule has 1 aromatic heterocycles. The Labute approximate surface area is 128 Å². The van der Waals surface area contributed by atoms with Crippen molar-refractivity contribution in [1.82, 2.24) is 5.32 Å². The first kappa shape index (κ1) is 15.1. The van der Waals surface area contributed by atoms with Crippen molar-refractivity contribution in [3.8, 4) is 5.75 Å². The molecule has 0 aliphatic carbocycles. The maximum atomic E-state index is 11.8. The van der Waals surface area contributed by atoms with Crippen molar-refractivity contribution >= 4 is 28.9 Å². The van der Waals surface area contributed by atoms with Crippen LogP contribution in [0.3, 0.4) is 0 Å². The van der Waals surface area contributed by atoms with Crippen molar-refractivity contribution in [3.05, 3.63) is 48.4 Å². The molecule has 0 atom stereocenters. The summed E-state index contributed by atoms with van der Waals surface area (Å²) in [5.41, 5.74) is 0.691. The number of hydrogen-bond donors (Lipinski definition) is 2. The Hall–Kier alpha value is -2.34. The number of hydrogen-bond acceptors (Lipinski definition) is 4. The molecular formula is C15H16N2O3S. The third-order valence-electron chi connectivity index (χ3n) is 2.47. The molecule has 2 N–H and O–H groups in total. The first-order chi connectivity index (χ1) is 10.1. The van der Waals surface area contributed by atoms with Crippen molar-refractivity contribution in [3.63, 3.8) is 0 Å². The smallest absolute Gasteiger partial charge is 0.293 e. The van der Waals surface area contributed by atoms with Gasteiger partial charge in [0.2, 0.25) is 0 Å². The van der Waals surface area contributed by atoms with Crippen molar-refractivity contribution in [1.29, 1.82) is 0 Å². The normalized spacial score (nSPS) is 10.2. The highest BCUT2D eigenvalue weighted by molar-refractivity contribution is 7.80. The third kappa shape index (κ3) is 4.32. The lowest BCUT2D eigenvalue weighted by molar-refractivity contribution is 0.0950. The van der Waals surface area contributed by atoms with E-state index in [1.54, 1.807) is 12.1 Å². The number of anilines is 1. The standard InChI is InChI=1S/C15H16N2O3S/c1-10(2)20-12-7-4-3-6-11(12)16-15(21)17-14(18)13-8-5-9-19-13/h3-10H,1-2H3,(H2,16,17,18,21). The molecule has 0 aliphatic rings. The predicted octanol–water partition coefficient (Wildman–Crippen LogP) is 3.19. The van der Waals surface area contributed by atoms with Crippen LogP contribution in [-0.4, -0.2) is 17.1 Å². The number of amides is 1. The van der Waals surface area contributed by atoms with Gasteiger partial charge in [0.15, 0.2) is 10.9 Å². The number of carbonyl (C=O) groups is 1. The number of rotatable bonds is 4. The summed E-state index contributed by atoms with van der Waals surface area (Å²) in [6, 6.07) is 10.6. The van der Waals surface area contributed by atoms with Gasteiger partial charge in [-0.3, -0.25) is 10.1 Å². The van der Waals surface area contributed by atoms with Gasteiger partial charge in [-0.15, -0.1) is 0 Å². The Morgan fingerprint density at radius 2 is 2.00 bits per heavy atom. The molecule has 0 saturated heterocycles. The lowest BCUT2D eigenvalue weighted by atomic mass is 10.3. The highest BCUT2D eigenvalue weighted by atomic mass is 32.1. The minimum absolute atomic E-state index is 0.0410. The molecule has 2 aromatic rings. The topological polar surface area (TPSA) is 63.5 Å². The summed E-state index contributed by atoms with van der Waals surface area (Å²) in [6.45, 7) is 3.88. The van der Waals surface area contributed by atoms with Crippen LogP contribution in [0.1, 0.15) is 24.4 Å². The van der Waals surface area contributed by atoms with Gasteiger partial charge in [-0.25, -0.2) is 0 Å². The van der Waals surface area contributed by atoms with Gasteiger partial charge >= 0.3 is 0 Å². The van der Waals surface area contributed by atoms with Crippen LogP contribution in [0.25, 0.3) is 0 Å². The fourth-order valence-corrected chi connectivity index (χ4v) is 1.86. The average Bonchev–Trinajstić information content (AvgIpc) is 2.94. The number of benzene rings is 1. The van der Waals surface area contributed by atoms with Gasteiger partial charge < -0.3 is 14.5 Å². The van der Waals surface area contributed by atoms with E-state index in [2.05, 4.69) is 10.6 Å². The summed E-state index contributed by atoms with van der Waals surface area (Å²) >= 11 is 5.12. The minimum atomic E-state index is -0.403. The monoisotopic (exact) mass is 304 g/mol. The van der Waals surface area contributed by atoms with Gasteiger partial charge in [-0.2, -0.15) is 0 Å². The molecule has 1 amide bonds. The fraction of sp³-hybridized carbons (Fsp3) is 0.200. The van der Waals surface area contributed by atoms with E-state index < -0.39 is 5.91 Å². The van der Waals surface area contributed by atoms with Crippen molar-refractivity contribution in [2.75, 3.05) is 5.32 Å². The summed E-state index contributed by atoms with van der Waals surface area (Å²) in [5, 5.41) is 5.66. The molecule has 2 rings (SSSR count). The van der Waals surface area contributed by atoms with E-state index in [-0.39, 0.29) is 17.0 Å². The second-order valence-corrected chi connectivity index (χ2v) is 4.96. The zero-order valence-electron chi connectivity index (χ0n) is 11.8. The van der Waals surface area contributed by atoms with E-state index in [4.69, 9.17) is 21.4 Å². The number of ether oxygens (including phenoxy) is 1. The maximum absolute atomic E-state index is 11.8. The lowest BCUT2D eigenvalue weighted by Crippen LogP contribution is -2.34. The largest absolute Gasteiger partial charge is 0.489 e. The number of thiocarbonyl (C=S) groups is 1. The average molecular weight is 304 g/mol. The van der Waals surface area contributed by atoms with Crippen LogP contribution in [-0.2, 0) is 0 Å². The Bertz CT molecular complexity index is 624. The molecule has 1 aromatic carbocycles. The van der Waals surface area contributed by atoms with E-state index in [1.807, 2.05) is 38.1 Å². The SMILES string of the molecule is CC(C)Oc1ccccc1NC(=S)NC(=O)c1ccco1. The lowest BCUT2D eigenvalue weighted by Gasteiger charge is -2.15. The number of carbonyl (C=O) groups excluding carboxylic acids is 1. The summed E-state index contributed by atoms with van der Waals surface area (Å²) in [7, 11) is 0. The molecule has 0 radical (unpaired) electrons. The van der Waals surface area contributed by atoms with Crippen molar-refractivity contribution in [2.45, 2.75) is 20.0 Å². The van der Waals surface area contributed by atoms with Crippen molar-refractivity contribution in [2.24, 2.45) is 0 Å². The molecule has 21 heavy (non-hydrogen) atoms. The van der Waals surface area contributed by atoms with E-state index in [0.29, 0.717) is 11.4 Å². The highest BCUT2D eigenvalue weighted by Crippen LogP contribution is 2.24. The second-order valence-electron chi connectivity index (χ2n) is 4.55. The summed E-state index contributed by atoms with van der Waals surface area (Å²) in [5.74, 6) is 0.465. The van der Waals surface area contributed by atoms with Crippen LogP contribution < -0.4 is 15.4 Å². The van der Waals surface area contributed by atoms with Crippen LogP contribution in [0.4, 0.5) is 5.69 Å². The number of para-hydroxylation sites is 2. The maximum Gasteiger partial charge on any atom is 0.293 e. The molecule has 110 valence electrons. The van der Waals surface area contributed by atoms with Gasteiger partial charge in [0.05, 0.1) is 18.1 Å². The first-order valence-corrected chi connectivity index (χ1v) is 6.88. The zero-order chi connectivity index (χ0) is 15.2. The molecular weight excluding hydrogens is 288 g/mol.